The Morgan fingerprint density at radius 2 is 2.05 bits per heavy atom. The third kappa shape index (κ3) is 2.63. The van der Waals surface area contributed by atoms with Crippen LogP contribution in [0, 0.1) is 0 Å². The lowest BCUT2D eigenvalue weighted by molar-refractivity contribution is 0.0697. The predicted molar refractivity (Wildman–Crippen MR) is 75.5 cm³/mol. The van der Waals surface area contributed by atoms with Crippen LogP contribution in [-0.4, -0.2) is 42.4 Å². The second-order valence-corrected chi connectivity index (χ2v) is 5.43. The molecule has 3 rings (SSSR count). The molecular weight excluding hydrogens is 256 g/mol. The Morgan fingerprint density at radius 3 is 2.90 bits per heavy atom. The number of ether oxygens (including phenoxy) is 1. The van der Waals surface area contributed by atoms with Gasteiger partial charge in [-0.05, 0) is 43.7 Å². The molecule has 1 aromatic heterocycles. The van der Waals surface area contributed by atoms with Gasteiger partial charge in [-0.1, -0.05) is 0 Å². The second kappa shape index (κ2) is 5.79. The van der Waals surface area contributed by atoms with Crippen LogP contribution in [0.3, 0.4) is 0 Å². The van der Waals surface area contributed by atoms with Crippen LogP contribution in [0.25, 0.3) is 0 Å². The average Bonchev–Trinajstić information content (AvgIpc) is 2.74. The first kappa shape index (κ1) is 13.4. The van der Waals surface area contributed by atoms with Crippen LogP contribution in [0.5, 0.6) is 0 Å². The molecule has 2 aliphatic rings. The zero-order chi connectivity index (χ0) is 13.9. The highest BCUT2D eigenvalue weighted by molar-refractivity contribution is 5.93. The fourth-order valence-electron chi connectivity index (χ4n) is 2.98. The lowest BCUT2D eigenvalue weighted by Crippen LogP contribution is -2.29. The lowest BCUT2D eigenvalue weighted by atomic mass is 9.94. The molecule has 1 N–H and O–H groups in total. The van der Waals surface area contributed by atoms with E-state index < -0.39 is 5.97 Å². The molecule has 0 amide bonds. The van der Waals surface area contributed by atoms with E-state index in [-0.39, 0.29) is 0 Å². The standard InChI is InChI=1S/C15H20N2O3/c18-15(19)12-10-11-4-1-2-5-13(11)16-14(12)17-6-3-8-20-9-7-17/h10H,1-9H2,(H,18,19). The monoisotopic (exact) mass is 276 g/mol. The van der Waals surface area contributed by atoms with E-state index in [0.29, 0.717) is 24.5 Å². The highest BCUT2D eigenvalue weighted by atomic mass is 16.5. The molecule has 0 unspecified atom stereocenters. The highest BCUT2D eigenvalue weighted by Crippen LogP contribution is 2.27. The maximum Gasteiger partial charge on any atom is 0.339 e. The van der Waals surface area contributed by atoms with Gasteiger partial charge in [-0.25, -0.2) is 9.78 Å². The highest BCUT2D eigenvalue weighted by Gasteiger charge is 2.23. The Bertz CT molecular complexity index is 508. The van der Waals surface area contributed by atoms with Crippen molar-refractivity contribution in [3.63, 3.8) is 0 Å². The van der Waals surface area contributed by atoms with Crippen LogP contribution in [0.2, 0.25) is 0 Å². The van der Waals surface area contributed by atoms with Crippen molar-refractivity contribution in [2.24, 2.45) is 0 Å². The summed E-state index contributed by atoms with van der Waals surface area (Å²) >= 11 is 0. The molecule has 1 fully saturated rings. The number of aryl methyl sites for hydroxylation is 2. The molecule has 0 atom stereocenters. The van der Waals surface area contributed by atoms with Gasteiger partial charge in [-0.2, -0.15) is 0 Å². The molecular formula is C15H20N2O3. The summed E-state index contributed by atoms with van der Waals surface area (Å²) in [6.07, 6.45) is 5.11. The topological polar surface area (TPSA) is 62.7 Å². The zero-order valence-corrected chi connectivity index (χ0v) is 11.6. The molecule has 108 valence electrons. The van der Waals surface area contributed by atoms with Gasteiger partial charge in [0.1, 0.15) is 11.4 Å². The van der Waals surface area contributed by atoms with Crippen molar-refractivity contribution in [3.8, 4) is 0 Å². The van der Waals surface area contributed by atoms with E-state index >= 15 is 0 Å². The van der Waals surface area contributed by atoms with Gasteiger partial charge < -0.3 is 14.7 Å². The van der Waals surface area contributed by atoms with Crippen molar-refractivity contribution >= 4 is 11.8 Å². The number of carboxylic acid groups (broad SMARTS) is 1. The Balaban J connectivity index is 2.00. The quantitative estimate of drug-likeness (QED) is 0.893. The first-order valence-corrected chi connectivity index (χ1v) is 7.34. The Hall–Kier alpha value is -1.62. The summed E-state index contributed by atoms with van der Waals surface area (Å²) in [4.78, 5) is 18.3. The molecule has 0 aromatic carbocycles. The average molecular weight is 276 g/mol. The molecule has 0 spiro atoms. The molecule has 1 saturated heterocycles. The number of carbonyl (C=O) groups is 1. The first-order valence-electron chi connectivity index (χ1n) is 7.34. The van der Waals surface area contributed by atoms with Crippen molar-refractivity contribution in [3.05, 3.63) is 22.9 Å². The third-order valence-electron chi connectivity index (χ3n) is 4.03. The number of rotatable bonds is 2. The molecule has 1 aromatic rings. The number of nitrogens with zero attached hydrogens (tertiary/aromatic N) is 2. The van der Waals surface area contributed by atoms with Crippen LogP contribution in [0.15, 0.2) is 6.07 Å². The fraction of sp³-hybridized carbons (Fsp3) is 0.600. The van der Waals surface area contributed by atoms with Crippen molar-refractivity contribution in [1.82, 2.24) is 4.98 Å². The van der Waals surface area contributed by atoms with Crippen LogP contribution in [0.1, 0.15) is 40.9 Å². The van der Waals surface area contributed by atoms with Crippen LogP contribution < -0.4 is 4.90 Å². The molecule has 0 saturated carbocycles. The minimum Gasteiger partial charge on any atom is -0.478 e. The minimum atomic E-state index is -0.883. The number of fused-ring (bicyclic) bond motifs is 1. The maximum absolute atomic E-state index is 11.5. The van der Waals surface area contributed by atoms with Gasteiger partial charge in [0.2, 0.25) is 0 Å². The zero-order valence-electron chi connectivity index (χ0n) is 11.6. The van der Waals surface area contributed by atoms with Gasteiger partial charge in [0.25, 0.3) is 0 Å². The molecule has 2 heterocycles. The first-order chi connectivity index (χ1) is 9.75. The molecule has 5 nitrogen and oxygen atoms in total. The third-order valence-corrected chi connectivity index (χ3v) is 4.03. The number of aromatic nitrogens is 1. The molecule has 1 aliphatic carbocycles. The fourth-order valence-corrected chi connectivity index (χ4v) is 2.98. The number of pyridine rings is 1. The van der Waals surface area contributed by atoms with Crippen molar-refractivity contribution in [1.29, 1.82) is 0 Å². The van der Waals surface area contributed by atoms with E-state index in [1.807, 2.05) is 6.07 Å². The molecule has 5 heteroatoms. The SMILES string of the molecule is O=C(O)c1cc2c(nc1N1CCCOCC1)CCCC2. The van der Waals surface area contributed by atoms with E-state index in [1.165, 1.54) is 0 Å². The summed E-state index contributed by atoms with van der Waals surface area (Å²) in [5.41, 5.74) is 2.54. The van der Waals surface area contributed by atoms with Gasteiger partial charge in [0.15, 0.2) is 0 Å². The van der Waals surface area contributed by atoms with Crippen molar-refractivity contribution in [2.75, 3.05) is 31.2 Å². The molecule has 0 radical (unpaired) electrons. The van der Waals surface area contributed by atoms with Crippen molar-refractivity contribution in [2.45, 2.75) is 32.1 Å². The second-order valence-electron chi connectivity index (χ2n) is 5.43. The molecule has 0 bridgehead atoms. The van der Waals surface area contributed by atoms with E-state index in [4.69, 9.17) is 4.74 Å². The summed E-state index contributed by atoms with van der Waals surface area (Å²) in [5, 5.41) is 9.47. The van der Waals surface area contributed by atoms with E-state index in [0.717, 1.165) is 56.5 Å². The summed E-state index contributed by atoms with van der Waals surface area (Å²) < 4.78 is 5.44. The number of aromatic carboxylic acids is 1. The Labute approximate surface area is 118 Å². The van der Waals surface area contributed by atoms with Gasteiger partial charge in [-0.3, -0.25) is 0 Å². The Kier molecular flexibility index (Phi) is 3.87. The lowest BCUT2D eigenvalue weighted by Gasteiger charge is -2.25. The summed E-state index contributed by atoms with van der Waals surface area (Å²) in [6, 6.07) is 1.84. The van der Waals surface area contributed by atoms with Crippen LogP contribution in [-0.2, 0) is 17.6 Å². The van der Waals surface area contributed by atoms with Gasteiger partial charge in [-0.15, -0.1) is 0 Å². The molecule has 20 heavy (non-hydrogen) atoms. The number of anilines is 1. The minimum absolute atomic E-state index is 0.340. The van der Waals surface area contributed by atoms with E-state index in [2.05, 4.69) is 9.88 Å². The normalized spacial score (nSPS) is 19.3. The summed E-state index contributed by atoms with van der Waals surface area (Å²) in [5.74, 6) is -0.255. The summed E-state index contributed by atoms with van der Waals surface area (Å²) in [7, 11) is 0. The van der Waals surface area contributed by atoms with Gasteiger partial charge in [0.05, 0.1) is 6.61 Å². The van der Waals surface area contributed by atoms with Crippen LogP contribution >= 0.6 is 0 Å². The number of hydrogen-bond acceptors (Lipinski definition) is 4. The molecule has 1 aliphatic heterocycles. The number of carboxylic acids is 1. The Morgan fingerprint density at radius 1 is 1.20 bits per heavy atom. The smallest absolute Gasteiger partial charge is 0.339 e. The van der Waals surface area contributed by atoms with Gasteiger partial charge in [0, 0.05) is 25.4 Å². The van der Waals surface area contributed by atoms with E-state index in [1.54, 1.807) is 0 Å². The largest absolute Gasteiger partial charge is 0.478 e. The van der Waals surface area contributed by atoms with Crippen LogP contribution in [0.4, 0.5) is 5.82 Å². The summed E-state index contributed by atoms with van der Waals surface area (Å²) in [6.45, 7) is 2.90. The predicted octanol–water partition coefficient (Wildman–Crippen LogP) is 1.89. The van der Waals surface area contributed by atoms with Gasteiger partial charge >= 0.3 is 5.97 Å². The van der Waals surface area contributed by atoms with E-state index in [9.17, 15) is 9.90 Å². The number of hydrogen-bond donors (Lipinski definition) is 1. The van der Waals surface area contributed by atoms with Crippen molar-refractivity contribution < 1.29 is 14.6 Å². The maximum atomic E-state index is 11.5.